The molecule has 1 aliphatic heterocycles. The molecule has 0 aliphatic carbocycles. The smallest absolute Gasteiger partial charge is 0.222 e. The van der Waals surface area contributed by atoms with Crippen molar-refractivity contribution in [1.29, 1.82) is 0 Å². The molecule has 0 aromatic carbocycles. The van der Waals surface area contributed by atoms with Gasteiger partial charge in [-0.05, 0) is 12.5 Å². The summed E-state index contributed by atoms with van der Waals surface area (Å²) in [5, 5.41) is 0. The molecule has 0 aromatic rings. The van der Waals surface area contributed by atoms with E-state index in [0.29, 0.717) is 18.9 Å². The third kappa shape index (κ3) is 1.85. The second-order valence-electron chi connectivity index (χ2n) is 4.39. The van der Waals surface area contributed by atoms with Crippen LogP contribution in [0.5, 0.6) is 0 Å². The molecule has 3 nitrogen and oxygen atoms in total. The molecule has 1 rings (SSSR count). The van der Waals surface area contributed by atoms with Crippen molar-refractivity contribution in [2.45, 2.75) is 27.2 Å². The number of hydrogen-bond acceptors (Lipinski definition) is 2. The molecule has 0 bridgehead atoms. The van der Waals surface area contributed by atoms with Gasteiger partial charge in [0, 0.05) is 24.9 Å². The van der Waals surface area contributed by atoms with Gasteiger partial charge in [0.15, 0.2) is 0 Å². The molecule has 2 unspecified atom stereocenters. The summed E-state index contributed by atoms with van der Waals surface area (Å²) in [5.74, 6) is 0.775. The average Bonchev–Trinajstić information content (AvgIpc) is 2.43. The fourth-order valence-corrected chi connectivity index (χ4v) is 1.89. The van der Waals surface area contributed by atoms with Crippen molar-refractivity contribution in [3.05, 3.63) is 0 Å². The second kappa shape index (κ2) is 3.66. The van der Waals surface area contributed by atoms with E-state index in [1.807, 2.05) is 11.8 Å². The van der Waals surface area contributed by atoms with Crippen LogP contribution in [0.3, 0.4) is 0 Å². The zero-order valence-electron chi connectivity index (χ0n) is 8.84. The zero-order chi connectivity index (χ0) is 10.1. The third-order valence-electron chi connectivity index (χ3n) is 3.36. The molecular formula is C10H20N2O. The Bertz CT molecular complexity index is 205. The Morgan fingerprint density at radius 3 is 2.69 bits per heavy atom. The standard InChI is InChI=1S/C10H20N2O/c1-4-9(13)12-5-8(2)10(3,6-11)7-12/h8H,4-7,11H2,1-3H3. The van der Waals surface area contributed by atoms with Gasteiger partial charge >= 0.3 is 0 Å². The van der Waals surface area contributed by atoms with Crippen molar-refractivity contribution < 1.29 is 4.79 Å². The Labute approximate surface area is 80.3 Å². The van der Waals surface area contributed by atoms with Crippen LogP contribution in [0, 0.1) is 11.3 Å². The van der Waals surface area contributed by atoms with E-state index in [1.54, 1.807) is 0 Å². The first kappa shape index (κ1) is 10.5. The molecule has 0 spiro atoms. The highest BCUT2D eigenvalue weighted by molar-refractivity contribution is 5.76. The quantitative estimate of drug-likeness (QED) is 0.691. The second-order valence-corrected chi connectivity index (χ2v) is 4.39. The molecule has 13 heavy (non-hydrogen) atoms. The first-order valence-electron chi connectivity index (χ1n) is 5.01. The SMILES string of the molecule is CCC(=O)N1CC(C)C(C)(CN)C1. The molecule has 0 saturated carbocycles. The van der Waals surface area contributed by atoms with Crippen LogP contribution in [0.4, 0.5) is 0 Å². The largest absolute Gasteiger partial charge is 0.342 e. The van der Waals surface area contributed by atoms with Gasteiger partial charge in [-0.1, -0.05) is 20.8 Å². The van der Waals surface area contributed by atoms with E-state index in [9.17, 15) is 4.79 Å². The molecule has 3 heteroatoms. The molecule has 76 valence electrons. The Balaban J connectivity index is 2.65. The molecule has 0 radical (unpaired) electrons. The van der Waals surface area contributed by atoms with Crippen molar-refractivity contribution in [1.82, 2.24) is 4.90 Å². The lowest BCUT2D eigenvalue weighted by atomic mass is 9.81. The molecule has 1 fully saturated rings. The summed E-state index contributed by atoms with van der Waals surface area (Å²) in [6, 6.07) is 0. The minimum absolute atomic E-state index is 0.130. The number of hydrogen-bond donors (Lipinski definition) is 1. The molecule has 1 amide bonds. The van der Waals surface area contributed by atoms with Crippen LogP contribution < -0.4 is 5.73 Å². The van der Waals surface area contributed by atoms with Gasteiger partial charge in [0.2, 0.25) is 5.91 Å². The van der Waals surface area contributed by atoms with Crippen molar-refractivity contribution in [2.24, 2.45) is 17.1 Å². The number of likely N-dealkylation sites (tertiary alicyclic amines) is 1. The van der Waals surface area contributed by atoms with E-state index in [2.05, 4.69) is 13.8 Å². The molecule has 1 saturated heterocycles. The van der Waals surface area contributed by atoms with Crippen LogP contribution >= 0.6 is 0 Å². The fourth-order valence-electron chi connectivity index (χ4n) is 1.89. The lowest BCUT2D eigenvalue weighted by molar-refractivity contribution is -0.130. The van der Waals surface area contributed by atoms with Crippen molar-refractivity contribution >= 4 is 5.91 Å². The number of nitrogens with zero attached hydrogens (tertiary/aromatic N) is 1. The fraction of sp³-hybridized carbons (Fsp3) is 0.900. The van der Waals surface area contributed by atoms with E-state index in [0.717, 1.165) is 13.1 Å². The van der Waals surface area contributed by atoms with Crippen LogP contribution in [0.1, 0.15) is 27.2 Å². The Kier molecular flexibility index (Phi) is 2.96. The summed E-state index contributed by atoms with van der Waals surface area (Å²) in [4.78, 5) is 13.4. The van der Waals surface area contributed by atoms with Gasteiger partial charge in [0.25, 0.3) is 0 Å². The van der Waals surface area contributed by atoms with Crippen molar-refractivity contribution in [3.63, 3.8) is 0 Å². The van der Waals surface area contributed by atoms with E-state index in [1.165, 1.54) is 0 Å². The zero-order valence-corrected chi connectivity index (χ0v) is 8.84. The highest BCUT2D eigenvalue weighted by Gasteiger charge is 2.40. The molecular weight excluding hydrogens is 164 g/mol. The van der Waals surface area contributed by atoms with Gasteiger partial charge in [-0.3, -0.25) is 4.79 Å². The summed E-state index contributed by atoms with van der Waals surface area (Å²) < 4.78 is 0. The van der Waals surface area contributed by atoms with Crippen LogP contribution in [0.15, 0.2) is 0 Å². The maximum absolute atomic E-state index is 11.4. The third-order valence-corrected chi connectivity index (χ3v) is 3.36. The normalized spacial score (nSPS) is 33.8. The monoisotopic (exact) mass is 184 g/mol. The molecule has 1 aliphatic rings. The van der Waals surface area contributed by atoms with Gasteiger partial charge in [0.05, 0.1) is 0 Å². The lowest BCUT2D eigenvalue weighted by Gasteiger charge is -2.25. The molecule has 1 heterocycles. The predicted octanol–water partition coefficient (Wildman–Crippen LogP) is 0.840. The van der Waals surface area contributed by atoms with Crippen molar-refractivity contribution in [3.8, 4) is 0 Å². The minimum atomic E-state index is 0.130. The van der Waals surface area contributed by atoms with E-state index < -0.39 is 0 Å². The highest BCUT2D eigenvalue weighted by Crippen LogP contribution is 2.34. The number of carbonyl (C=O) groups excluding carboxylic acids is 1. The number of amides is 1. The Morgan fingerprint density at radius 2 is 2.31 bits per heavy atom. The van der Waals surface area contributed by atoms with Crippen LogP contribution in [0.2, 0.25) is 0 Å². The first-order valence-corrected chi connectivity index (χ1v) is 5.01. The summed E-state index contributed by atoms with van der Waals surface area (Å²) in [5.41, 5.74) is 5.85. The van der Waals surface area contributed by atoms with E-state index in [4.69, 9.17) is 5.73 Å². The highest BCUT2D eigenvalue weighted by atomic mass is 16.2. The summed E-state index contributed by atoms with van der Waals surface area (Å²) in [6.07, 6.45) is 0.605. The summed E-state index contributed by atoms with van der Waals surface area (Å²) >= 11 is 0. The number of nitrogens with two attached hydrogens (primary N) is 1. The maximum atomic E-state index is 11.4. The van der Waals surface area contributed by atoms with Gasteiger partial charge < -0.3 is 10.6 Å². The topological polar surface area (TPSA) is 46.3 Å². The van der Waals surface area contributed by atoms with Crippen LogP contribution in [-0.2, 0) is 4.79 Å². The lowest BCUT2D eigenvalue weighted by Crippen LogP contribution is -2.35. The maximum Gasteiger partial charge on any atom is 0.222 e. The van der Waals surface area contributed by atoms with Gasteiger partial charge in [-0.15, -0.1) is 0 Å². The van der Waals surface area contributed by atoms with Gasteiger partial charge in [-0.2, -0.15) is 0 Å². The van der Waals surface area contributed by atoms with Gasteiger partial charge in [0.1, 0.15) is 0 Å². The molecule has 2 atom stereocenters. The predicted molar refractivity (Wildman–Crippen MR) is 53.2 cm³/mol. The van der Waals surface area contributed by atoms with Crippen molar-refractivity contribution in [2.75, 3.05) is 19.6 Å². The average molecular weight is 184 g/mol. The van der Waals surface area contributed by atoms with Crippen LogP contribution in [0.25, 0.3) is 0 Å². The van der Waals surface area contributed by atoms with E-state index in [-0.39, 0.29) is 11.3 Å². The van der Waals surface area contributed by atoms with Crippen LogP contribution in [-0.4, -0.2) is 30.4 Å². The number of rotatable bonds is 2. The number of carbonyl (C=O) groups is 1. The molecule has 2 N–H and O–H groups in total. The Morgan fingerprint density at radius 1 is 1.69 bits per heavy atom. The Hall–Kier alpha value is -0.570. The summed E-state index contributed by atoms with van der Waals surface area (Å²) in [6.45, 7) is 8.63. The first-order chi connectivity index (χ1) is 6.03. The minimum Gasteiger partial charge on any atom is -0.342 e. The summed E-state index contributed by atoms with van der Waals surface area (Å²) in [7, 11) is 0. The van der Waals surface area contributed by atoms with E-state index >= 15 is 0 Å². The molecule has 0 aromatic heterocycles. The van der Waals surface area contributed by atoms with Gasteiger partial charge in [-0.25, -0.2) is 0 Å².